The van der Waals surface area contributed by atoms with Gasteiger partial charge in [-0.1, -0.05) is 28.1 Å². The Balaban J connectivity index is 2.14. The van der Waals surface area contributed by atoms with Crippen molar-refractivity contribution in [1.82, 2.24) is 9.97 Å². The van der Waals surface area contributed by atoms with Crippen LogP contribution in [-0.2, 0) is 0 Å². The number of nitrogens with zero attached hydrogens (tertiary/aromatic N) is 2. The van der Waals surface area contributed by atoms with Gasteiger partial charge in [0.25, 0.3) is 0 Å². The van der Waals surface area contributed by atoms with E-state index in [4.69, 9.17) is 4.74 Å². The maximum atomic E-state index is 5.43. The zero-order valence-electron chi connectivity index (χ0n) is 11.9. The van der Waals surface area contributed by atoms with Gasteiger partial charge in [0.1, 0.15) is 0 Å². The van der Waals surface area contributed by atoms with Gasteiger partial charge in [-0.05, 0) is 38.5 Å². The lowest BCUT2D eigenvalue weighted by Crippen LogP contribution is -2.10. The van der Waals surface area contributed by atoms with Gasteiger partial charge >= 0.3 is 0 Å². The van der Waals surface area contributed by atoms with Gasteiger partial charge in [0, 0.05) is 16.2 Å². The monoisotopic (exact) mass is 335 g/mol. The molecular formula is C15H18BrN3O. The van der Waals surface area contributed by atoms with Crippen molar-refractivity contribution in [3.05, 3.63) is 46.1 Å². The maximum absolute atomic E-state index is 5.43. The summed E-state index contributed by atoms with van der Waals surface area (Å²) in [5, 5.41) is 3.30. The molecular weight excluding hydrogens is 318 g/mol. The number of anilines is 1. The van der Waals surface area contributed by atoms with Crippen LogP contribution in [0.4, 0.5) is 5.95 Å². The molecule has 0 aliphatic heterocycles. The van der Waals surface area contributed by atoms with Gasteiger partial charge < -0.3 is 10.1 Å². The second-order valence-corrected chi connectivity index (χ2v) is 5.44. The molecule has 2 aromatic rings. The Morgan fingerprint density at radius 1 is 1.25 bits per heavy atom. The van der Waals surface area contributed by atoms with Gasteiger partial charge in [-0.15, -0.1) is 0 Å². The van der Waals surface area contributed by atoms with Crippen LogP contribution in [0.2, 0.25) is 0 Å². The molecule has 0 radical (unpaired) electrons. The van der Waals surface area contributed by atoms with Crippen LogP contribution in [0.25, 0.3) is 0 Å². The molecule has 20 heavy (non-hydrogen) atoms. The summed E-state index contributed by atoms with van der Waals surface area (Å²) in [5.74, 6) is 1.19. The average Bonchev–Trinajstić information content (AvgIpc) is 2.39. The van der Waals surface area contributed by atoms with E-state index in [2.05, 4.69) is 50.3 Å². The molecule has 0 amide bonds. The van der Waals surface area contributed by atoms with Crippen LogP contribution in [0.15, 0.2) is 34.8 Å². The average molecular weight is 336 g/mol. The minimum Gasteiger partial charge on any atom is -0.478 e. The molecule has 1 aromatic heterocycles. The number of aromatic nitrogens is 2. The van der Waals surface area contributed by atoms with E-state index in [1.165, 1.54) is 5.56 Å². The molecule has 0 bridgehead atoms. The normalized spacial score (nSPS) is 12.0. The second kappa shape index (κ2) is 6.70. The number of rotatable bonds is 5. The van der Waals surface area contributed by atoms with Crippen molar-refractivity contribution in [3.63, 3.8) is 0 Å². The fourth-order valence-electron chi connectivity index (χ4n) is 1.85. The molecule has 1 unspecified atom stereocenters. The summed E-state index contributed by atoms with van der Waals surface area (Å²) in [6, 6.07) is 10.1. The Hall–Kier alpha value is -1.62. The molecule has 0 saturated heterocycles. The first-order chi connectivity index (χ1) is 9.58. The van der Waals surface area contributed by atoms with Crippen LogP contribution >= 0.6 is 15.9 Å². The van der Waals surface area contributed by atoms with Crippen molar-refractivity contribution in [2.75, 3.05) is 11.9 Å². The third-order valence-electron chi connectivity index (χ3n) is 2.84. The van der Waals surface area contributed by atoms with Gasteiger partial charge in [0.2, 0.25) is 11.8 Å². The largest absolute Gasteiger partial charge is 0.478 e. The standard InChI is InChI=1S/C15H18BrN3O/c1-4-20-14-9-10(2)17-15(19-14)18-11(3)12-5-7-13(16)8-6-12/h5-9,11H,4H2,1-3H3,(H,17,18,19). The first kappa shape index (κ1) is 14.8. The number of hydrogen-bond donors (Lipinski definition) is 1. The van der Waals surface area contributed by atoms with Gasteiger partial charge in [0.05, 0.1) is 12.6 Å². The van der Waals surface area contributed by atoms with E-state index in [-0.39, 0.29) is 6.04 Å². The van der Waals surface area contributed by atoms with Gasteiger partial charge in [-0.2, -0.15) is 4.98 Å². The topological polar surface area (TPSA) is 47.0 Å². The molecule has 0 saturated carbocycles. The Morgan fingerprint density at radius 2 is 1.95 bits per heavy atom. The van der Waals surface area contributed by atoms with E-state index in [0.717, 1.165) is 10.2 Å². The molecule has 0 fully saturated rings. The zero-order valence-corrected chi connectivity index (χ0v) is 13.4. The van der Waals surface area contributed by atoms with E-state index in [1.807, 2.05) is 32.0 Å². The first-order valence-corrected chi connectivity index (χ1v) is 7.38. The summed E-state index contributed by atoms with van der Waals surface area (Å²) < 4.78 is 6.50. The smallest absolute Gasteiger partial charge is 0.226 e. The van der Waals surface area contributed by atoms with Crippen molar-refractivity contribution < 1.29 is 4.74 Å². The van der Waals surface area contributed by atoms with Crippen molar-refractivity contribution in [2.45, 2.75) is 26.8 Å². The van der Waals surface area contributed by atoms with E-state index in [1.54, 1.807) is 0 Å². The zero-order chi connectivity index (χ0) is 14.5. The number of nitrogens with one attached hydrogen (secondary N) is 1. The molecule has 1 aromatic carbocycles. The molecule has 5 heteroatoms. The maximum Gasteiger partial charge on any atom is 0.226 e. The first-order valence-electron chi connectivity index (χ1n) is 6.59. The molecule has 106 valence electrons. The minimum atomic E-state index is 0.124. The van der Waals surface area contributed by atoms with Crippen LogP contribution in [0.5, 0.6) is 5.88 Å². The van der Waals surface area contributed by atoms with Gasteiger partial charge in [-0.3, -0.25) is 0 Å². The second-order valence-electron chi connectivity index (χ2n) is 4.52. The summed E-state index contributed by atoms with van der Waals surface area (Å²) in [6.07, 6.45) is 0. The molecule has 0 spiro atoms. The third-order valence-corrected chi connectivity index (χ3v) is 3.37. The fraction of sp³-hybridized carbons (Fsp3) is 0.333. The summed E-state index contributed by atoms with van der Waals surface area (Å²) in [7, 11) is 0. The molecule has 4 nitrogen and oxygen atoms in total. The number of ether oxygens (including phenoxy) is 1. The van der Waals surface area contributed by atoms with Crippen molar-refractivity contribution in [1.29, 1.82) is 0 Å². The minimum absolute atomic E-state index is 0.124. The number of halogens is 1. The quantitative estimate of drug-likeness (QED) is 0.892. The van der Waals surface area contributed by atoms with E-state index < -0.39 is 0 Å². The van der Waals surface area contributed by atoms with E-state index in [9.17, 15) is 0 Å². The van der Waals surface area contributed by atoms with Crippen LogP contribution in [0, 0.1) is 6.92 Å². The highest BCUT2D eigenvalue weighted by Gasteiger charge is 2.09. The summed E-state index contributed by atoms with van der Waals surface area (Å²) >= 11 is 3.44. The number of aryl methyl sites for hydroxylation is 1. The lowest BCUT2D eigenvalue weighted by molar-refractivity contribution is 0.326. The predicted octanol–water partition coefficient (Wildman–Crippen LogP) is 4.12. The summed E-state index contributed by atoms with van der Waals surface area (Å²) in [5.41, 5.74) is 2.06. The lowest BCUT2D eigenvalue weighted by Gasteiger charge is -2.15. The molecule has 0 aliphatic carbocycles. The van der Waals surface area contributed by atoms with E-state index >= 15 is 0 Å². The van der Waals surface area contributed by atoms with Crippen molar-refractivity contribution in [2.24, 2.45) is 0 Å². The number of hydrogen-bond acceptors (Lipinski definition) is 4. The third kappa shape index (κ3) is 3.93. The molecule has 1 atom stereocenters. The van der Waals surface area contributed by atoms with Crippen LogP contribution in [0.3, 0.4) is 0 Å². The van der Waals surface area contributed by atoms with Crippen molar-refractivity contribution >= 4 is 21.9 Å². The van der Waals surface area contributed by atoms with Crippen LogP contribution < -0.4 is 10.1 Å². The highest BCUT2D eigenvalue weighted by atomic mass is 79.9. The van der Waals surface area contributed by atoms with Crippen LogP contribution in [0.1, 0.15) is 31.1 Å². The Kier molecular flexibility index (Phi) is 4.95. The lowest BCUT2D eigenvalue weighted by atomic mass is 10.1. The molecule has 1 heterocycles. The SMILES string of the molecule is CCOc1cc(C)nc(NC(C)c2ccc(Br)cc2)n1. The van der Waals surface area contributed by atoms with Crippen LogP contribution in [-0.4, -0.2) is 16.6 Å². The van der Waals surface area contributed by atoms with Gasteiger partial charge in [-0.25, -0.2) is 4.98 Å². The fourth-order valence-corrected chi connectivity index (χ4v) is 2.12. The van der Waals surface area contributed by atoms with E-state index in [0.29, 0.717) is 18.4 Å². The van der Waals surface area contributed by atoms with Crippen molar-refractivity contribution in [3.8, 4) is 5.88 Å². The summed E-state index contributed by atoms with van der Waals surface area (Å²) in [6.45, 7) is 6.54. The molecule has 2 rings (SSSR count). The predicted molar refractivity (Wildman–Crippen MR) is 84.1 cm³/mol. The Bertz CT molecular complexity index is 572. The highest BCUT2D eigenvalue weighted by Crippen LogP contribution is 2.21. The summed E-state index contributed by atoms with van der Waals surface area (Å²) in [4.78, 5) is 8.74. The van der Waals surface area contributed by atoms with Gasteiger partial charge in [0.15, 0.2) is 0 Å². The molecule has 0 aliphatic rings. The molecule has 1 N–H and O–H groups in total. The Morgan fingerprint density at radius 3 is 2.60 bits per heavy atom. The highest BCUT2D eigenvalue weighted by molar-refractivity contribution is 9.10. The Labute approximate surface area is 127 Å². The number of benzene rings is 1.